The van der Waals surface area contributed by atoms with E-state index in [1.807, 2.05) is 36.4 Å². The number of benzene rings is 1. The van der Waals surface area contributed by atoms with Crippen molar-refractivity contribution in [1.82, 2.24) is 0 Å². The van der Waals surface area contributed by atoms with E-state index in [-0.39, 0.29) is 0 Å². The van der Waals surface area contributed by atoms with Gasteiger partial charge < -0.3 is 0 Å². The van der Waals surface area contributed by atoms with Crippen LogP contribution in [0.2, 0.25) is 0 Å². The van der Waals surface area contributed by atoms with Crippen molar-refractivity contribution in [2.75, 3.05) is 0 Å². The first-order valence-corrected chi connectivity index (χ1v) is 4.22. The lowest BCUT2D eigenvalue weighted by molar-refractivity contribution is 1.62. The van der Waals surface area contributed by atoms with Crippen molar-refractivity contribution in [3.63, 3.8) is 0 Å². The van der Waals surface area contributed by atoms with Gasteiger partial charge in [-0.2, -0.15) is 0 Å². The Kier molecular flexibility index (Phi) is 3.86. The number of hydrogen-bond donors (Lipinski definition) is 0. The van der Waals surface area contributed by atoms with Crippen LogP contribution in [0.5, 0.6) is 0 Å². The summed E-state index contributed by atoms with van der Waals surface area (Å²) in [6.45, 7) is 0. The second-order valence-corrected chi connectivity index (χ2v) is 2.67. The van der Waals surface area contributed by atoms with Gasteiger partial charge in [0, 0.05) is 0 Å². The summed E-state index contributed by atoms with van der Waals surface area (Å²) in [7, 11) is 0. The van der Waals surface area contributed by atoms with Gasteiger partial charge in [0.1, 0.15) is 0 Å². The summed E-state index contributed by atoms with van der Waals surface area (Å²) in [6, 6.07) is 7.96. The molecule has 0 aliphatic carbocycles. The van der Waals surface area contributed by atoms with Crippen molar-refractivity contribution in [2.45, 2.75) is 0 Å². The molecule has 0 aliphatic heterocycles. The van der Waals surface area contributed by atoms with Gasteiger partial charge in [0.25, 0.3) is 0 Å². The molecule has 1 aromatic rings. The minimum atomic E-state index is 1.08. The van der Waals surface area contributed by atoms with Crippen molar-refractivity contribution < 1.29 is 0 Å². The molecule has 0 atom stereocenters. The van der Waals surface area contributed by atoms with Crippen LogP contribution < -0.4 is 0 Å². The Labute approximate surface area is 85.0 Å². The van der Waals surface area contributed by atoms with Crippen molar-refractivity contribution in [3.8, 4) is 24.7 Å². The monoisotopic (exact) mass is 178 g/mol. The first kappa shape index (κ1) is 9.90. The molecule has 1 aromatic carbocycles. The van der Waals surface area contributed by atoms with Crippen molar-refractivity contribution in [1.29, 1.82) is 0 Å². The van der Waals surface area contributed by atoms with E-state index >= 15 is 0 Å². The van der Waals surface area contributed by atoms with Crippen LogP contribution in [0.15, 0.2) is 36.4 Å². The zero-order valence-electron chi connectivity index (χ0n) is 7.77. The smallest absolute Gasteiger partial charge is 0.0116 e. The van der Waals surface area contributed by atoms with Gasteiger partial charge in [0.2, 0.25) is 0 Å². The summed E-state index contributed by atoms with van der Waals surface area (Å²) in [5, 5.41) is 0. The second-order valence-electron chi connectivity index (χ2n) is 2.67. The van der Waals surface area contributed by atoms with Crippen molar-refractivity contribution in [2.24, 2.45) is 0 Å². The predicted molar refractivity (Wildman–Crippen MR) is 62.2 cm³/mol. The van der Waals surface area contributed by atoms with Crippen LogP contribution in [0.1, 0.15) is 11.1 Å². The molecule has 66 valence electrons. The lowest BCUT2D eigenvalue weighted by Crippen LogP contribution is -1.73. The average molecular weight is 178 g/mol. The molecule has 0 spiro atoms. The van der Waals surface area contributed by atoms with Gasteiger partial charge in [0.15, 0.2) is 0 Å². The van der Waals surface area contributed by atoms with Crippen molar-refractivity contribution >= 4 is 12.2 Å². The van der Waals surface area contributed by atoms with Crippen LogP contribution in [0.3, 0.4) is 0 Å². The molecule has 0 saturated heterocycles. The third-order valence-electron chi connectivity index (χ3n) is 1.68. The van der Waals surface area contributed by atoms with E-state index in [0.717, 1.165) is 11.1 Å². The van der Waals surface area contributed by atoms with E-state index in [1.54, 1.807) is 12.2 Å². The van der Waals surface area contributed by atoms with Gasteiger partial charge in [-0.3, -0.25) is 0 Å². The van der Waals surface area contributed by atoms with Crippen LogP contribution in [0, 0.1) is 24.7 Å². The van der Waals surface area contributed by atoms with Gasteiger partial charge >= 0.3 is 0 Å². The fraction of sp³-hybridized carbons (Fsp3) is 0. The third-order valence-corrected chi connectivity index (χ3v) is 1.68. The lowest BCUT2D eigenvalue weighted by atomic mass is 10.1. The highest BCUT2D eigenvalue weighted by molar-refractivity contribution is 5.58. The number of allylic oxidation sites excluding steroid dienone is 2. The predicted octanol–water partition coefficient (Wildman–Crippen LogP) is 2.98. The Morgan fingerprint density at radius 1 is 0.786 bits per heavy atom. The molecule has 0 radical (unpaired) electrons. The fourth-order valence-electron chi connectivity index (χ4n) is 1.01. The zero-order chi connectivity index (χ0) is 10.2. The number of terminal acetylenes is 2. The SMILES string of the molecule is C#C/C=C\c1ccc(/C=C\C#C)cc1. The lowest BCUT2D eigenvalue weighted by Gasteiger charge is -1.94. The van der Waals surface area contributed by atoms with Crippen LogP contribution >= 0.6 is 0 Å². The Hall–Kier alpha value is -2.18. The Morgan fingerprint density at radius 3 is 1.43 bits per heavy atom. The van der Waals surface area contributed by atoms with Gasteiger partial charge in [-0.1, -0.05) is 36.1 Å². The minimum absolute atomic E-state index is 1.08. The van der Waals surface area contributed by atoms with Gasteiger partial charge in [0.05, 0.1) is 0 Å². The summed E-state index contributed by atoms with van der Waals surface area (Å²) < 4.78 is 0. The topological polar surface area (TPSA) is 0 Å². The highest BCUT2D eigenvalue weighted by Gasteiger charge is 1.86. The first-order chi connectivity index (χ1) is 6.86. The molecule has 0 heterocycles. The molecule has 0 N–H and O–H groups in total. The van der Waals surface area contributed by atoms with Crippen LogP contribution in [-0.4, -0.2) is 0 Å². The van der Waals surface area contributed by atoms with Crippen molar-refractivity contribution in [3.05, 3.63) is 47.5 Å². The first-order valence-electron chi connectivity index (χ1n) is 4.22. The third kappa shape index (κ3) is 3.05. The molecule has 0 aliphatic rings. The molecule has 0 unspecified atom stereocenters. The molecule has 0 heteroatoms. The van der Waals surface area contributed by atoms with Crippen LogP contribution in [0.4, 0.5) is 0 Å². The normalized spacial score (nSPS) is 10.1. The standard InChI is InChI=1S/C14H10/c1-3-5-7-13-9-11-14(12-10-13)8-6-4-2/h1-2,5-12H/b7-5-,8-6-. The molecular formula is C14H10. The summed E-state index contributed by atoms with van der Waals surface area (Å²) in [5.74, 6) is 4.89. The second kappa shape index (κ2) is 5.46. The highest BCUT2D eigenvalue weighted by atomic mass is 13.9. The molecule has 0 nitrogen and oxygen atoms in total. The number of rotatable bonds is 2. The molecule has 1 rings (SSSR count). The van der Waals surface area contributed by atoms with Gasteiger partial charge in [-0.05, 0) is 35.4 Å². The summed E-state index contributed by atoms with van der Waals surface area (Å²) >= 11 is 0. The summed E-state index contributed by atoms with van der Waals surface area (Å²) in [4.78, 5) is 0. The molecular weight excluding hydrogens is 168 g/mol. The van der Waals surface area contributed by atoms with Gasteiger partial charge in [-0.15, -0.1) is 12.8 Å². The molecule has 0 aromatic heterocycles. The van der Waals surface area contributed by atoms with Gasteiger partial charge in [-0.25, -0.2) is 0 Å². The fourth-order valence-corrected chi connectivity index (χ4v) is 1.01. The maximum atomic E-state index is 5.10. The molecule has 0 saturated carbocycles. The van der Waals surface area contributed by atoms with E-state index in [1.165, 1.54) is 0 Å². The van der Waals surface area contributed by atoms with E-state index in [4.69, 9.17) is 12.8 Å². The Balaban J connectivity index is 2.80. The maximum absolute atomic E-state index is 5.10. The summed E-state index contributed by atoms with van der Waals surface area (Å²) in [5.41, 5.74) is 2.17. The molecule has 0 fully saturated rings. The maximum Gasteiger partial charge on any atom is -0.0116 e. The zero-order valence-corrected chi connectivity index (χ0v) is 7.77. The molecule has 0 bridgehead atoms. The van der Waals surface area contributed by atoms with E-state index < -0.39 is 0 Å². The quantitative estimate of drug-likeness (QED) is 0.611. The van der Waals surface area contributed by atoms with Crippen LogP contribution in [0.25, 0.3) is 12.2 Å². The largest absolute Gasteiger partial charge is 0.115 e. The van der Waals surface area contributed by atoms with E-state index in [0.29, 0.717) is 0 Å². The highest BCUT2D eigenvalue weighted by Crippen LogP contribution is 2.07. The average Bonchev–Trinajstić information content (AvgIpc) is 2.25. The molecule has 14 heavy (non-hydrogen) atoms. The molecule has 0 amide bonds. The van der Waals surface area contributed by atoms with E-state index in [2.05, 4.69) is 11.8 Å². The minimum Gasteiger partial charge on any atom is -0.115 e. The van der Waals surface area contributed by atoms with E-state index in [9.17, 15) is 0 Å². The van der Waals surface area contributed by atoms with Crippen LogP contribution in [-0.2, 0) is 0 Å². The number of hydrogen-bond acceptors (Lipinski definition) is 0. The Bertz CT molecular complexity index is 374. The summed E-state index contributed by atoms with van der Waals surface area (Å²) in [6.07, 6.45) is 17.3. The Morgan fingerprint density at radius 2 is 1.14 bits per heavy atom.